The molecule has 1 aliphatic carbocycles. The lowest BCUT2D eigenvalue weighted by molar-refractivity contribution is 0.0925. The van der Waals surface area contributed by atoms with Gasteiger partial charge in [0.1, 0.15) is 0 Å². The molecule has 1 saturated heterocycles. The summed E-state index contributed by atoms with van der Waals surface area (Å²) in [5.41, 5.74) is 6.33. The molecule has 2 fully saturated rings. The molecule has 0 radical (unpaired) electrons. The molecule has 1 aromatic carbocycles. The van der Waals surface area contributed by atoms with Crippen molar-refractivity contribution in [2.75, 3.05) is 13.2 Å². The molecule has 152 valence electrons. The van der Waals surface area contributed by atoms with Gasteiger partial charge in [-0.1, -0.05) is 0 Å². The number of hydrogen-bond donors (Lipinski definition) is 3. The van der Waals surface area contributed by atoms with Gasteiger partial charge in [-0.05, 0) is 62.8 Å². The molecule has 1 atom stereocenters. The van der Waals surface area contributed by atoms with E-state index < -0.39 is 10.0 Å². The van der Waals surface area contributed by atoms with Gasteiger partial charge < -0.3 is 15.8 Å². The summed E-state index contributed by atoms with van der Waals surface area (Å²) in [6, 6.07) is 6.39. The number of ether oxygens (including phenoxy) is 1. The molecular weight excluding hydrogens is 390 g/mol. The second-order valence-corrected chi connectivity index (χ2v) is 8.86. The predicted octanol–water partition coefficient (Wildman–Crippen LogP) is 1.57. The van der Waals surface area contributed by atoms with Crippen LogP contribution in [0.5, 0.6) is 0 Å². The van der Waals surface area contributed by atoms with E-state index in [-0.39, 0.29) is 47.9 Å². The van der Waals surface area contributed by atoms with Gasteiger partial charge in [-0.15, -0.1) is 12.4 Å². The molecule has 1 saturated carbocycles. The lowest BCUT2D eigenvalue weighted by Gasteiger charge is -2.26. The molecule has 0 bridgehead atoms. The molecule has 3 rings (SSSR count). The van der Waals surface area contributed by atoms with Crippen LogP contribution in [0.4, 0.5) is 0 Å². The van der Waals surface area contributed by atoms with Crippen molar-refractivity contribution in [1.29, 1.82) is 0 Å². The molecule has 4 N–H and O–H groups in total. The van der Waals surface area contributed by atoms with E-state index in [2.05, 4.69) is 10.0 Å². The molecule has 1 aromatic rings. The fourth-order valence-corrected chi connectivity index (χ4v) is 4.48. The first kappa shape index (κ1) is 22.1. The zero-order valence-corrected chi connectivity index (χ0v) is 16.9. The van der Waals surface area contributed by atoms with E-state index in [0.29, 0.717) is 12.2 Å². The van der Waals surface area contributed by atoms with Crippen LogP contribution in [0.15, 0.2) is 29.2 Å². The number of benzene rings is 1. The Morgan fingerprint density at radius 3 is 2.37 bits per heavy atom. The number of rotatable bonds is 6. The monoisotopic (exact) mass is 417 g/mol. The fourth-order valence-electron chi connectivity index (χ4n) is 3.41. The van der Waals surface area contributed by atoms with Crippen LogP contribution in [-0.4, -0.2) is 45.7 Å². The van der Waals surface area contributed by atoms with Crippen LogP contribution in [0.25, 0.3) is 0 Å². The molecule has 1 heterocycles. The molecule has 27 heavy (non-hydrogen) atoms. The third kappa shape index (κ3) is 6.15. The van der Waals surface area contributed by atoms with Crippen molar-refractivity contribution in [3.63, 3.8) is 0 Å². The summed E-state index contributed by atoms with van der Waals surface area (Å²) >= 11 is 0. The van der Waals surface area contributed by atoms with Crippen molar-refractivity contribution in [3.8, 4) is 0 Å². The van der Waals surface area contributed by atoms with Gasteiger partial charge in [-0.25, -0.2) is 13.1 Å². The highest BCUT2D eigenvalue weighted by molar-refractivity contribution is 7.89. The zero-order valence-electron chi connectivity index (χ0n) is 15.2. The van der Waals surface area contributed by atoms with E-state index in [9.17, 15) is 13.2 Å². The van der Waals surface area contributed by atoms with Crippen molar-refractivity contribution in [2.24, 2.45) is 5.73 Å². The smallest absolute Gasteiger partial charge is 0.251 e. The van der Waals surface area contributed by atoms with Crippen molar-refractivity contribution in [3.05, 3.63) is 29.8 Å². The minimum Gasteiger partial charge on any atom is -0.377 e. The number of amides is 1. The SMILES string of the molecule is Cl.NC1CCC(NC(=O)c2ccc(S(=O)(=O)NCC3CCCO3)cc2)CC1. The lowest BCUT2D eigenvalue weighted by atomic mass is 9.91. The Balaban J connectivity index is 0.00000261. The quantitative estimate of drug-likeness (QED) is 0.650. The number of carbonyl (C=O) groups is 1. The third-order valence-corrected chi connectivity index (χ3v) is 6.50. The highest BCUT2D eigenvalue weighted by Crippen LogP contribution is 2.18. The topological polar surface area (TPSA) is 111 Å². The minimum absolute atomic E-state index is 0. The first-order valence-electron chi connectivity index (χ1n) is 9.22. The van der Waals surface area contributed by atoms with Crippen LogP contribution >= 0.6 is 12.4 Å². The van der Waals surface area contributed by atoms with Crippen molar-refractivity contribution >= 4 is 28.3 Å². The summed E-state index contributed by atoms with van der Waals surface area (Å²) in [5.74, 6) is -0.179. The number of hydrogen-bond acceptors (Lipinski definition) is 5. The van der Waals surface area contributed by atoms with Crippen LogP contribution in [0, 0.1) is 0 Å². The van der Waals surface area contributed by atoms with E-state index in [1.54, 1.807) is 12.1 Å². The fraction of sp³-hybridized carbons (Fsp3) is 0.611. The number of nitrogens with two attached hydrogens (primary N) is 1. The van der Waals surface area contributed by atoms with E-state index in [4.69, 9.17) is 10.5 Å². The number of carbonyl (C=O) groups excluding carboxylic acids is 1. The summed E-state index contributed by atoms with van der Waals surface area (Å²) in [5, 5.41) is 3.00. The predicted molar refractivity (Wildman–Crippen MR) is 106 cm³/mol. The van der Waals surface area contributed by atoms with E-state index in [1.165, 1.54) is 12.1 Å². The zero-order chi connectivity index (χ0) is 18.6. The molecule has 1 aliphatic heterocycles. The molecule has 1 amide bonds. The molecule has 7 nitrogen and oxygen atoms in total. The maximum Gasteiger partial charge on any atom is 0.251 e. The van der Waals surface area contributed by atoms with Gasteiger partial charge in [-0.2, -0.15) is 0 Å². The van der Waals surface area contributed by atoms with Crippen LogP contribution in [0.1, 0.15) is 48.9 Å². The van der Waals surface area contributed by atoms with Crippen molar-refractivity contribution in [2.45, 2.75) is 61.6 Å². The molecular formula is C18H28ClN3O4S. The first-order valence-corrected chi connectivity index (χ1v) is 10.7. The lowest BCUT2D eigenvalue weighted by Crippen LogP contribution is -2.40. The van der Waals surface area contributed by atoms with Gasteiger partial charge in [0.05, 0.1) is 11.0 Å². The second-order valence-electron chi connectivity index (χ2n) is 7.10. The Morgan fingerprint density at radius 1 is 1.11 bits per heavy atom. The Bertz CT molecular complexity index is 713. The molecule has 2 aliphatic rings. The highest BCUT2D eigenvalue weighted by Gasteiger charge is 2.22. The minimum atomic E-state index is -3.60. The summed E-state index contributed by atoms with van der Waals surface area (Å²) in [6.45, 7) is 0.956. The summed E-state index contributed by atoms with van der Waals surface area (Å²) in [7, 11) is -3.60. The van der Waals surface area contributed by atoms with E-state index >= 15 is 0 Å². The van der Waals surface area contributed by atoms with Gasteiger partial charge >= 0.3 is 0 Å². The Morgan fingerprint density at radius 2 is 1.78 bits per heavy atom. The average molecular weight is 418 g/mol. The molecule has 0 spiro atoms. The standard InChI is InChI=1S/C18H27N3O4S.ClH/c19-14-5-7-15(8-6-14)21-18(22)13-3-9-17(10-4-13)26(23,24)20-12-16-2-1-11-25-16;/h3-4,9-10,14-16,20H,1-2,5-8,11-12,19H2,(H,21,22);1H. The normalized spacial score (nSPS) is 25.6. The van der Waals surface area contributed by atoms with Gasteiger partial charge in [0.2, 0.25) is 10.0 Å². The maximum atomic E-state index is 12.3. The summed E-state index contributed by atoms with van der Waals surface area (Å²) in [4.78, 5) is 12.5. The summed E-state index contributed by atoms with van der Waals surface area (Å²) in [6.07, 6.45) is 5.37. The average Bonchev–Trinajstić information content (AvgIpc) is 3.16. The third-order valence-electron chi connectivity index (χ3n) is 5.06. The Kier molecular flexibility index (Phi) is 8.05. The van der Waals surface area contributed by atoms with Gasteiger partial charge in [0.15, 0.2) is 0 Å². The van der Waals surface area contributed by atoms with E-state index in [1.807, 2.05) is 0 Å². The van der Waals surface area contributed by atoms with Crippen LogP contribution in [-0.2, 0) is 14.8 Å². The highest BCUT2D eigenvalue weighted by atomic mass is 35.5. The van der Waals surface area contributed by atoms with E-state index in [0.717, 1.165) is 38.5 Å². The van der Waals surface area contributed by atoms with Gasteiger partial charge in [0, 0.05) is 30.8 Å². The largest absolute Gasteiger partial charge is 0.377 e. The number of sulfonamides is 1. The maximum absolute atomic E-state index is 12.3. The van der Waals surface area contributed by atoms with Crippen molar-refractivity contribution < 1.29 is 17.9 Å². The van der Waals surface area contributed by atoms with Crippen LogP contribution in [0.3, 0.4) is 0 Å². The molecule has 9 heteroatoms. The summed E-state index contributed by atoms with van der Waals surface area (Å²) < 4.78 is 32.7. The first-order chi connectivity index (χ1) is 12.4. The molecule has 0 aromatic heterocycles. The number of halogens is 1. The number of nitrogens with one attached hydrogen (secondary N) is 2. The van der Waals surface area contributed by atoms with Gasteiger partial charge in [0.25, 0.3) is 5.91 Å². The van der Waals surface area contributed by atoms with Crippen LogP contribution < -0.4 is 15.8 Å². The van der Waals surface area contributed by atoms with Crippen LogP contribution in [0.2, 0.25) is 0 Å². The Labute approximate surface area is 166 Å². The Hall–Kier alpha value is -1.19. The van der Waals surface area contributed by atoms with Gasteiger partial charge in [-0.3, -0.25) is 4.79 Å². The van der Waals surface area contributed by atoms with Crippen molar-refractivity contribution in [1.82, 2.24) is 10.0 Å². The molecule has 1 unspecified atom stereocenters. The second kappa shape index (κ2) is 9.84.